The molecule has 2 N–H and O–H groups in total. The fraction of sp³-hybridized carbons (Fsp3) is 0.533. The van der Waals surface area contributed by atoms with E-state index in [2.05, 4.69) is 13.8 Å². The predicted octanol–water partition coefficient (Wildman–Crippen LogP) is 2.79. The first-order valence-electron chi connectivity index (χ1n) is 6.69. The Morgan fingerprint density at radius 2 is 2.11 bits per heavy atom. The molecule has 1 aromatic rings. The van der Waals surface area contributed by atoms with Gasteiger partial charge in [0.15, 0.2) is 0 Å². The highest BCUT2D eigenvalue weighted by Crippen LogP contribution is 2.24. The van der Waals surface area contributed by atoms with Gasteiger partial charge in [0.05, 0.1) is 12.3 Å². The highest BCUT2D eigenvalue weighted by atomic mass is 16.5. The molecule has 1 amide bonds. The van der Waals surface area contributed by atoms with Crippen LogP contribution in [0.1, 0.15) is 37.0 Å². The summed E-state index contributed by atoms with van der Waals surface area (Å²) in [6.07, 6.45) is 2.26. The molecule has 0 aliphatic heterocycles. The van der Waals surface area contributed by atoms with Crippen LogP contribution in [0.5, 0.6) is 5.75 Å². The Labute approximate surface area is 115 Å². The lowest BCUT2D eigenvalue weighted by molar-refractivity contribution is 0.0827. The van der Waals surface area contributed by atoms with E-state index < -0.39 is 0 Å². The zero-order chi connectivity index (χ0) is 14.4. The SMILES string of the molecule is CCCC(C)COc1cc(C(=O)N(C)C)ccc1N. The lowest BCUT2D eigenvalue weighted by Gasteiger charge is -2.15. The van der Waals surface area contributed by atoms with E-state index in [1.807, 2.05) is 0 Å². The topological polar surface area (TPSA) is 55.6 Å². The van der Waals surface area contributed by atoms with E-state index in [-0.39, 0.29) is 5.91 Å². The number of hydrogen-bond donors (Lipinski definition) is 1. The van der Waals surface area contributed by atoms with Crippen molar-refractivity contribution in [2.24, 2.45) is 5.92 Å². The Balaban J connectivity index is 2.77. The summed E-state index contributed by atoms with van der Waals surface area (Å²) in [6.45, 7) is 4.92. The molecule has 1 aromatic carbocycles. The fourth-order valence-corrected chi connectivity index (χ4v) is 1.86. The molecular weight excluding hydrogens is 240 g/mol. The van der Waals surface area contributed by atoms with Crippen molar-refractivity contribution >= 4 is 11.6 Å². The number of nitrogens with two attached hydrogens (primary N) is 1. The van der Waals surface area contributed by atoms with Gasteiger partial charge in [-0.05, 0) is 30.5 Å². The van der Waals surface area contributed by atoms with Crippen molar-refractivity contribution in [2.75, 3.05) is 26.4 Å². The summed E-state index contributed by atoms with van der Waals surface area (Å²) in [5.41, 5.74) is 7.04. The molecule has 106 valence electrons. The Kier molecular flexibility index (Phi) is 5.67. The molecular formula is C15H24N2O2. The van der Waals surface area contributed by atoms with E-state index in [1.165, 1.54) is 4.90 Å². The maximum Gasteiger partial charge on any atom is 0.253 e. The van der Waals surface area contributed by atoms with Gasteiger partial charge in [0.25, 0.3) is 5.91 Å². The molecule has 0 saturated carbocycles. The molecule has 0 saturated heterocycles. The summed E-state index contributed by atoms with van der Waals surface area (Å²) < 4.78 is 5.73. The third kappa shape index (κ3) is 4.47. The zero-order valence-electron chi connectivity index (χ0n) is 12.3. The monoisotopic (exact) mass is 264 g/mol. The maximum atomic E-state index is 11.9. The second kappa shape index (κ2) is 7.02. The Hall–Kier alpha value is -1.71. The van der Waals surface area contributed by atoms with E-state index >= 15 is 0 Å². The highest BCUT2D eigenvalue weighted by molar-refractivity contribution is 5.94. The number of carbonyl (C=O) groups excluding carboxylic acids is 1. The summed E-state index contributed by atoms with van der Waals surface area (Å²) in [5, 5.41) is 0. The van der Waals surface area contributed by atoms with Crippen molar-refractivity contribution in [3.05, 3.63) is 23.8 Å². The molecule has 4 heteroatoms. The van der Waals surface area contributed by atoms with Crippen LogP contribution in [-0.2, 0) is 0 Å². The first kappa shape index (κ1) is 15.3. The van der Waals surface area contributed by atoms with Crippen LogP contribution in [0.25, 0.3) is 0 Å². The molecule has 1 unspecified atom stereocenters. The highest BCUT2D eigenvalue weighted by Gasteiger charge is 2.11. The number of ether oxygens (including phenoxy) is 1. The zero-order valence-corrected chi connectivity index (χ0v) is 12.3. The Bertz CT molecular complexity index is 430. The van der Waals surface area contributed by atoms with Gasteiger partial charge in [0.2, 0.25) is 0 Å². The summed E-state index contributed by atoms with van der Waals surface area (Å²) in [5.74, 6) is 1.03. The Morgan fingerprint density at radius 3 is 2.68 bits per heavy atom. The van der Waals surface area contributed by atoms with Crippen molar-refractivity contribution in [3.8, 4) is 5.75 Å². The number of nitrogen functional groups attached to an aromatic ring is 1. The van der Waals surface area contributed by atoms with Gasteiger partial charge in [-0.3, -0.25) is 4.79 Å². The van der Waals surface area contributed by atoms with Crippen LogP contribution in [0.3, 0.4) is 0 Å². The molecule has 0 heterocycles. The van der Waals surface area contributed by atoms with Crippen LogP contribution >= 0.6 is 0 Å². The van der Waals surface area contributed by atoms with E-state index in [0.717, 1.165) is 12.8 Å². The molecule has 0 aromatic heterocycles. The van der Waals surface area contributed by atoms with Crippen molar-refractivity contribution in [3.63, 3.8) is 0 Å². The van der Waals surface area contributed by atoms with Gasteiger partial charge in [-0.25, -0.2) is 0 Å². The number of anilines is 1. The van der Waals surface area contributed by atoms with Gasteiger partial charge in [-0.15, -0.1) is 0 Å². The number of nitrogens with zero attached hydrogens (tertiary/aromatic N) is 1. The van der Waals surface area contributed by atoms with Crippen molar-refractivity contribution in [2.45, 2.75) is 26.7 Å². The van der Waals surface area contributed by atoms with E-state index in [4.69, 9.17) is 10.5 Å². The molecule has 1 rings (SSSR count). The number of carbonyl (C=O) groups is 1. The van der Waals surface area contributed by atoms with Crippen LogP contribution in [0.2, 0.25) is 0 Å². The van der Waals surface area contributed by atoms with Gasteiger partial charge in [-0.2, -0.15) is 0 Å². The lowest BCUT2D eigenvalue weighted by atomic mass is 10.1. The lowest BCUT2D eigenvalue weighted by Crippen LogP contribution is -2.21. The molecule has 0 aliphatic rings. The molecule has 19 heavy (non-hydrogen) atoms. The van der Waals surface area contributed by atoms with E-state index in [9.17, 15) is 4.79 Å². The normalized spacial score (nSPS) is 12.0. The third-order valence-corrected chi connectivity index (χ3v) is 2.97. The molecule has 0 radical (unpaired) electrons. The minimum atomic E-state index is -0.0496. The van der Waals surface area contributed by atoms with Gasteiger partial charge in [0.1, 0.15) is 5.75 Å². The van der Waals surface area contributed by atoms with Crippen LogP contribution in [0, 0.1) is 5.92 Å². The van der Waals surface area contributed by atoms with Crippen molar-refractivity contribution < 1.29 is 9.53 Å². The first-order valence-corrected chi connectivity index (χ1v) is 6.69. The van der Waals surface area contributed by atoms with Gasteiger partial charge in [0, 0.05) is 19.7 Å². The maximum absolute atomic E-state index is 11.9. The molecule has 0 aliphatic carbocycles. The second-order valence-corrected chi connectivity index (χ2v) is 5.16. The summed E-state index contributed by atoms with van der Waals surface area (Å²) >= 11 is 0. The largest absolute Gasteiger partial charge is 0.491 e. The molecule has 0 spiro atoms. The minimum Gasteiger partial charge on any atom is -0.491 e. The second-order valence-electron chi connectivity index (χ2n) is 5.16. The number of amides is 1. The van der Waals surface area contributed by atoms with Gasteiger partial charge >= 0.3 is 0 Å². The molecule has 0 fully saturated rings. The predicted molar refractivity (Wildman–Crippen MR) is 78.4 cm³/mol. The molecule has 4 nitrogen and oxygen atoms in total. The number of benzene rings is 1. The quantitative estimate of drug-likeness (QED) is 0.804. The standard InChI is InChI=1S/C15H24N2O2/c1-5-6-11(2)10-19-14-9-12(7-8-13(14)16)15(18)17(3)4/h7-9,11H,5-6,10,16H2,1-4H3. The summed E-state index contributed by atoms with van der Waals surface area (Å²) in [7, 11) is 3.45. The van der Waals surface area contributed by atoms with E-state index in [1.54, 1.807) is 32.3 Å². The first-order chi connectivity index (χ1) is 8.95. The van der Waals surface area contributed by atoms with Crippen LogP contribution < -0.4 is 10.5 Å². The van der Waals surface area contributed by atoms with E-state index in [0.29, 0.717) is 29.5 Å². The fourth-order valence-electron chi connectivity index (χ4n) is 1.86. The van der Waals surface area contributed by atoms with Crippen molar-refractivity contribution in [1.29, 1.82) is 0 Å². The van der Waals surface area contributed by atoms with Crippen LogP contribution in [-0.4, -0.2) is 31.5 Å². The van der Waals surface area contributed by atoms with Gasteiger partial charge < -0.3 is 15.4 Å². The average Bonchev–Trinajstić information content (AvgIpc) is 2.37. The Morgan fingerprint density at radius 1 is 1.42 bits per heavy atom. The molecule has 0 bridgehead atoms. The average molecular weight is 264 g/mol. The van der Waals surface area contributed by atoms with Crippen LogP contribution in [0.15, 0.2) is 18.2 Å². The van der Waals surface area contributed by atoms with Gasteiger partial charge in [-0.1, -0.05) is 20.3 Å². The van der Waals surface area contributed by atoms with Crippen molar-refractivity contribution in [1.82, 2.24) is 4.90 Å². The summed E-state index contributed by atoms with van der Waals surface area (Å²) in [4.78, 5) is 13.4. The third-order valence-electron chi connectivity index (χ3n) is 2.97. The van der Waals surface area contributed by atoms with Crippen LogP contribution in [0.4, 0.5) is 5.69 Å². The smallest absolute Gasteiger partial charge is 0.253 e. The number of hydrogen-bond acceptors (Lipinski definition) is 3. The minimum absolute atomic E-state index is 0.0496. The number of rotatable bonds is 6. The molecule has 1 atom stereocenters. The summed E-state index contributed by atoms with van der Waals surface area (Å²) in [6, 6.07) is 5.16.